The van der Waals surface area contributed by atoms with E-state index < -0.39 is 60.1 Å². The molecule has 0 amide bonds. The Labute approximate surface area is 201 Å². The molecule has 12 heteroatoms. The summed E-state index contributed by atoms with van der Waals surface area (Å²) in [6, 6.07) is 13.5. The maximum atomic E-state index is 13.9. The Morgan fingerprint density at radius 2 is 1.58 bits per heavy atom. The van der Waals surface area contributed by atoms with Gasteiger partial charge in [0.15, 0.2) is 5.78 Å². The number of alkyl halides is 3. The minimum Gasteiger partial charge on any atom is -0.396 e. The minimum atomic E-state index is -4.81. The SMILES string of the molecule is O=C(CC(CO)CO)C(O)c1ccc(-c2noc(-c3onc(-c4ccccc4)c3C(F)(F)F)n2)cc1. The van der Waals surface area contributed by atoms with E-state index in [-0.39, 0.29) is 23.4 Å². The largest absolute Gasteiger partial charge is 0.422 e. The van der Waals surface area contributed by atoms with Gasteiger partial charge in [0, 0.05) is 36.7 Å². The van der Waals surface area contributed by atoms with Crippen LogP contribution in [0.3, 0.4) is 0 Å². The molecule has 0 radical (unpaired) electrons. The number of nitrogens with zero attached hydrogens (tertiary/aromatic N) is 3. The van der Waals surface area contributed by atoms with Crippen molar-refractivity contribution in [1.82, 2.24) is 15.3 Å². The van der Waals surface area contributed by atoms with Gasteiger partial charge in [0.1, 0.15) is 17.4 Å². The summed E-state index contributed by atoms with van der Waals surface area (Å²) in [5.74, 6) is -2.56. The van der Waals surface area contributed by atoms with Gasteiger partial charge in [-0.25, -0.2) is 0 Å². The van der Waals surface area contributed by atoms with Crippen LogP contribution >= 0.6 is 0 Å². The van der Waals surface area contributed by atoms with Crippen molar-refractivity contribution >= 4 is 5.78 Å². The number of carbonyl (C=O) groups excluding carboxylic acids is 1. The third-order valence-electron chi connectivity index (χ3n) is 5.44. The molecular weight excluding hydrogens is 483 g/mol. The summed E-state index contributed by atoms with van der Waals surface area (Å²) in [6.45, 7) is -0.801. The molecule has 0 fully saturated rings. The zero-order valence-electron chi connectivity index (χ0n) is 18.5. The van der Waals surface area contributed by atoms with Gasteiger partial charge in [0.25, 0.3) is 5.89 Å². The Morgan fingerprint density at radius 3 is 2.19 bits per heavy atom. The fourth-order valence-electron chi connectivity index (χ4n) is 3.51. The fourth-order valence-corrected chi connectivity index (χ4v) is 3.51. The first-order valence-corrected chi connectivity index (χ1v) is 10.7. The number of hydrogen-bond donors (Lipinski definition) is 3. The van der Waals surface area contributed by atoms with Crippen molar-refractivity contribution in [2.75, 3.05) is 13.2 Å². The Balaban J connectivity index is 1.59. The molecule has 0 aliphatic rings. The van der Waals surface area contributed by atoms with Gasteiger partial charge in [-0.15, -0.1) is 0 Å². The number of ketones is 1. The van der Waals surface area contributed by atoms with Crippen LogP contribution in [0.15, 0.2) is 63.6 Å². The second-order valence-corrected chi connectivity index (χ2v) is 7.95. The molecule has 9 nitrogen and oxygen atoms in total. The van der Waals surface area contributed by atoms with Crippen molar-refractivity contribution in [3.05, 3.63) is 65.7 Å². The number of Topliss-reactive ketones (excluding diaryl/α,β-unsaturated/α-hetero) is 1. The van der Waals surface area contributed by atoms with E-state index in [1.165, 1.54) is 36.4 Å². The number of halogens is 3. The van der Waals surface area contributed by atoms with Crippen LogP contribution in [0.4, 0.5) is 13.2 Å². The lowest BCUT2D eigenvalue weighted by Gasteiger charge is -2.14. The quantitative estimate of drug-likeness (QED) is 0.312. The number of carbonyl (C=O) groups is 1. The van der Waals surface area contributed by atoms with Crippen molar-refractivity contribution in [1.29, 1.82) is 0 Å². The second kappa shape index (κ2) is 10.4. The zero-order valence-corrected chi connectivity index (χ0v) is 18.5. The number of aromatic nitrogens is 3. The number of aliphatic hydroxyl groups is 3. The van der Waals surface area contributed by atoms with Crippen LogP contribution in [0.2, 0.25) is 0 Å². The van der Waals surface area contributed by atoms with Crippen molar-refractivity contribution < 1.29 is 42.3 Å². The van der Waals surface area contributed by atoms with Gasteiger partial charge in [0.2, 0.25) is 11.6 Å². The van der Waals surface area contributed by atoms with Crippen molar-refractivity contribution in [3.63, 3.8) is 0 Å². The molecule has 0 spiro atoms. The smallest absolute Gasteiger partial charge is 0.396 e. The van der Waals surface area contributed by atoms with Gasteiger partial charge >= 0.3 is 6.18 Å². The molecule has 2 aromatic carbocycles. The van der Waals surface area contributed by atoms with Gasteiger partial charge < -0.3 is 24.4 Å². The van der Waals surface area contributed by atoms with Crippen LogP contribution in [0.1, 0.15) is 23.7 Å². The summed E-state index contributed by atoms with van der Waals surface area (Å²) >= 11 is 0. The molecule has 3 N–H and O–H groups in total. The predicted octanol–water partition coefficient (Wildman–Crippen LogP) is 3.67. The van der Waals surface area contributed by atoms with Crippen molar-refractivity contribution in [2.45, 2.75) is 18.7 Å². The highest BCUT2D eigenvalue weighted by Crippen LogP contribution is 2.43. The van der Waals surface area contributed by atoms with Crippen LogP contribution in [0, 0.1) is 5.92 Å². The molecule has 2 aromatic heterocycles. The third kappa shape index (κ3) is 5.20. The Bertz CT molecular complexity index is 1320. The molecule has 36 heavy (non-hydrogen) atoms. The third-order valence-corrected chi connectivity index (χ3v) is 5.44. The number of hydrogen-bond acceptors (Lipinski definition) is 9. The highest BCUT2D eigenvalue weighted by atomic mass is 19.4. The molecule has 2 heterocycles. The average Bonchev–Trinajstić information content (AvgIpc) is 3.55. The highest BCUT2D eigenvalue weighted by Gasteiger charge is 2.43. The van der Waals surface area contributed by atoms with Gasteiger partial charge in [-0.1, -0.05) is 64.9 Å². The maximum Gasteiger partial charge on any atom is 0.422 e. The summed E-state index contributed by atoms with van der Waals surface area (Å²) in [5.41, 5.74) is -0.777. The van der Waals surface area contributed by atoms with E-state index in [9.17, 15) is 23.1 Å². The summed E-state index contributed by atoms with van der Waals surface area (Å²) in [5, 5.41) is 35.8. The summed E-state index contributed by atoms with van der Waals surface area (Å²) in [4.78, 5) is 16.2. The molecule has 4 rings (SSSR count). The van der Waals surface area contributed by atoms with Crippen LogP contribution in [-0.4, -0.2) is 49.6 Å². The molecule has 0 saturated carbocycles. The molecule has 0 aliphatic carbocycles. The lowest BCUT2D eigenvalue weighted by Crippen LogP contribution is -2.20. The van der Waals surface area contributed by atoms with E-state index in [0.29, 0.717) is 5.56 Å². The fraction of sp³-hybridized carbons (Fsp3) is 0.250. The standard InChI is InChI=1S/C24H20F3N3O6/c25-24(26,27)18-19(14-4-2-1-3-5-14)29-35-21(18)23-28-22(30-36-23)16-8-6-15(7-9-16)20(34)17(33)10-13(11-31)12-32/h1-9,13,20,31-32,34H,10-12H2. The minimum absolute atomic E-state index is 0.0521. The van der Waals surface area contributed by atoms with Crippen LogP contribution in [0.25, 0.3) is 34.3 Å². The summed E-state index contributed by atoms with van der Waals surface area (Å²) < 4.78 is 51.6. The lowest BCUT2D eigenvalue weighted by molar-refractivity contribution is -0.137. The van der Waals surface area contributed by atoms with E-state index in [1.807, 2.05) is 0 Å². The van der Waals surface area contributed by atoms with Gasteiger partial charge in [-0.2, -0.15) is 18.2 Å². The Morgan fingerprint density at radius 1 is 0.917 bits per heavy atom. The average molecular weight is 503 g/mol. The van der Waals surface area contributed by atoms with Gasteiger partial charge in [-0.3, -0.25) is 4.79 Å². The normalized spacial score (nSPS) is 12.8. The first-order valence-electron chi connectivity index (χ1n) is 10.7. The second-order valence-electron chi connectivity index (χ2n) is 7.95. The molecule has 0 bridgehead atoms. The Hall–Kier alpha value is -3.87. The Kier molecular flexibility index (Phi) is 7.29. The number of rotatable bonds is 9. The van der Waals surface area contributed by atoms with E-state index >= 15 is 0 Å². The van der Waals surface area contributed by atoms with Gasteiger partial charge in [0.05, 0.1) is 0 Å². The lowest BCUT2D eigenvalue weighted by atomic mass is 9.96. The van der Waals surface area contributed by atoms with Crippen molar-refractivity contribution in [2.24, 2.45) is 5.92 Å². The predicted molar refractivity (Wildman–Crippen MR) is 118 cm³/mol. The monoisotopic (exact) mass is 503 g/mol. The van der Waals surface area contributed by atoms with Crippen LogP contribution in [-0.2, 0) is 11.0 Å². The summed E-state index contributed by atoms with van der Waals surface area (Å²) in [6.07, 6.45) is -6.52. The summed E-state index contributed by atoms with van der Waals surface area (Å²) in [7, 11) is 0. The van der Waals surface area contributed by atoms with E-state index in [1.54, 1.807) is 18.2 Å². The molecule has 4 aromatic rings. The molecular formula is C24H20F3N3O6. The molecule has 188 valence electrons. The van der Waals surface area contributed by atoms with E-state index in [4.69, 9.17) is 19.3 Å². The maximum absolute atomic E-state index is 13.9. The first kappa shape index (κ1) is 25.2. The van der Waals surface area contributed by atoms with Crippen LogP contribution < -0.4 is 0 Å². The van der Waals surface area contributed by atoms with Crippen molar-refractivity contribution in [3.8, 4) is 34.3 Å². The highest BCUT2D eigenvalue weighted by molar-refractivity contribution is 5.84. The number of aliphatic hydroxyl groups excluding tert-OH is 3. The number of benzene rings is 2. The van der Waals surface area contributed by atoms with E-state index in [0.717, 1.165) is 0 Å². The molecule has 1 atom stereocenters. The molecule has 1 unspecified atom stereocenters. The van der Waals surface area contributed by atoms with Gasteiger partial charge in [-0.05, 0) is 5.56 Å². The van der Waals surface area contributed by atoms with E-state index in [2.05, 4.69) is 15.3 Å². The topological polar surface area (TPSA) is 143 Å². The molecule has 0 aliphatic heterocycles. The van der Waals surface area contributed by atoms with Crippen LogP contribution in [0.5, 0.6) is 0 Å². The molecule has 0 saturated heterocycles. The first-order chi connectivity index (χ1) is 17.2. The zero-order chi connectivity index (χ0) is 25.9.